The van der Waals surface area contributed by atoms with Crippen molar-refractivity contribution in [1.82, 2.24) is 15.0 Å². The average molecular weight is 371 g/mol. The minimum absolute atomic E-state index is 0.181. The highest BCUT2D eigenvalue weighted by Gasteiger charge is 2.34. The van der Waals surface area contributed by atoms with Crippen LogP contribution in [0.25, 0.3) is 0 Å². The highest BCUT2D eigenvalue weighted by molar-refractivity contribution is 5.88. The van der Waals surface area contributed by atoms with Crippen LogP contribution in [0, 0.1) is 17.8 Å². The van der Waals surface area contributed by atoms with Crippen LogP contribution >= 0.6 is 0 Å². The van der Waals surface area contributed by atoms with Crippen molar-refractivity contribution in [1.29, 1.82) is 0 Å². The van der Waals surface area contributed by atoms with Gasteiger partial charge in [-0.05, 0) is 43.4 Å². The van der Waals surface area contributed by atoms with Crippen LogP contribution in [0.5, 0.6) is 0 Å². The number of carbonyl (C=O) groups excluding carboxylic acids is 2. The van der Waals surface area contributed by atoms with Gasteiger partial charge in [0.2, 0.25) is 23.7 Å². The molecule has 0 saturated heterocycles. The van der Waals surface area contributed by atoms with Crippen LogP contribution in [0.2, 0.25) is 0 Å². The Bertz CT molecular complexity index is 684. The normalized spacial score (nSPS) is 22.8. The lowest BCUT2D eigenvalue weighted by Crippen LogP contribution is -2.16. The summed E-state index contributed by atoms with van der Waals surface area (Å²) in [6.45, 7) is 2.79. The second-order valence-corrected chi connectivity index (χ2v) is 7.75. The number of nitrogens with one attached hydrogen (secondary N) is 2. The summed E-state index contributed by atoms with van der Waals surface area (Å²) in [4.78, 5) is 35.1. The zero-order chi connectivity index (χ0) is 19.2. The molecule has 3 rings (SSSR count). The number of allylic oxidation sites excluding steroid dienone is 2. The van der Waals surface area contributed by atoms with Crippen molar-refractivity contribution >= 4 is 23.7 Å². The standard InChI is InChI=1S/C20H29N5O2/c1-13(26)21-19-23-18(24-20(25-19)22-14(2)27)8-6-4-3-5-7-16-11-15-9-10-17(16)12-15/h9-10,15-17H,3-8,11-12H2,1-2H3,(H2,21,22,23,24,25,26,27). The van der Waals surface area contributed by atoms with Gasteiger partial charge in [0, 0.05) is 20.3 Å². The topological polar surface area (TPSA) is 96.9 Å². The SMILES string of the molecule is CC(=O)Nc1nc(CCCCCCC2CC3C=CC2C3)nc(NC(C)=O)n1. The molecule has 2 N–H and O–H groups in total. The van der Waals surface area contributed by atoms with Crippen LogP contribution < -0.4 is 10.6 Å². The number of amides is 2. The highest BCUT2D eigenvalue weighted by Crippen LogP contribution is 2.45. The maximum absolute atomic E-state index is 11.2. The summed E-state index contributed by atoms with van der Waals surface area (Å²) >= 11 is 0. The molecule has 7 heteroatoms. The zero-order valence-corrected chi connectivity index (χ0v) is 16.2. The Hall–Kier alpha value is -2.31. The molecule has 2 amide bonds. The van der Waals surface area contributed by atoms with E-state index in [0.717, 1.165) is 30.6 Å². The Labute approximate surface area is 160 Å². The summed E-state index contributed by atoms with van der Waals surface area (Å²) in [7, 11) is 0. The van der Waals surface area contributed by atoms with Crippen molar-refractivity contribution < 1.29 is 9.59 Å². The van der Waals surface area contributed by atoms with E-state index in [4.69, 9.17) is 0 Å². The second kappa shape index (κ2) is 9.06. The summed E-state index contributed by atoms with van der Waals surface area (Å²) in [5, 5.41) is 5.11. The number of aromatic nitrogens is 3. The van der Waals surface area contributed by atoms with E-state index >= 15 is 0 Å². The third-order valence-electron chi connectivity index (χ3n) is 5.40. The van der Waals surface area contributed by atoms with Crippen LogP contribution in [0.4, 0.5) is 11.9 Å². The quantitative estimate of drug-likeness (QED) is 0.511. The van der Waals surface area contributed by atoms with Crippen LogP contribution in [0.15, 0.2) is 12.2 Å². The summed E-state index contributed by atoms with van der Waals surface area (Å²) in [6, 6.07) is 0. The van der Waals surface area contributed by atoms with Gasteiger partial charge < -0.3 is 0 Å². The van der Waals surface area contributed by atoms with E-state index in [9.17, 15) is 9.59 Å². The van der Waals surface area contributed by atoms with Gasteiger partial charge in [-0.25, -0.2) is 0 Å². The summed E-state index contributed by atoms with van der Waals surface area (Å²) in [6.07, 6.45) is 14.3. The van der Waals surface area contributed by atoms with Crippen molar-refractivity contribution in [2.24, 2.45) is 17.8 Å². The summed E-state index contributed by atoms with van der Waals surface area (Å²) in [5.74, 6) is 3.06. The largest absolute Gasteiger partial charge is 0.295 e. The van der Waals surface area contributed by atoms with Gasteiger partial charge in [-0.2, -0.15) is 15.0 Å². The molecule has 0 aromatic carbocycles. The molecule has 3 unspecified atom stereocenters. The molecular formula is C20H29N5O2. The van der Waals surface area contributed by atoms with Gasteiger partial charge in [-0.1, -0.05) is 31.4 Å². The fraction of sp³-hybridized carbons (Fsp3) is 0.650. The predicted molar refractivity (Wildman–Crippen MR) is 104 cm³/mol. The Balaban J connectivity index is 1.41. The smallest absolute Gasteiger partial charge is 0.234 e. The first-order valence-corrected chi connectivity index (χ1v) is 9.98. The molecule has 1 saturated carbocycles. The van der Waals surface area contributed by atoms with E-state index in [0.29, 0.717) is 12.2 Å². The van der Waals surface area contributed by atoms with Gasteiger partial charge in [0.1, 0.15) is 5.82 Å². The average Bonchev–Trinajstić information content (AvgIpc) is 3.19. The van der Waals surface area contributed by atoms with Gasteiger partial charge in [-0.15, -0.1) is 0 Å². The van der Waals surface area contributed by atoms with Gasteiger partial charge in [0.05, 0.1) is 0 Å². The van der Waals surface area contributed by atoms with Crippen molar-refractivity contribution in [2.45, 2.75) is 65.2 Å². The van der Waals surface area contributed by atoms with Crippen molar-refractivity contribution in [3.05, 3.63) is 18.0 Å². The van der Waals surface area contributed by atoms with Gasteiger partial charge in [-0.3, -0.25) is 20.2 Å². The van der Waals surface area contributed by atoms with E-state index in [2.05, 4.69) is 37.7 Å². The number of anilines is 2. The lowest BCUT2D eigenvalue weighted by atomic mass is 9.88. The number of hydrogen-bond acceptors (Lipinski definition) is 5. The molecule has 1 heterocycles. The lowest BCUT2D eigenvalue weighted by molar-refractivity contribution is -0.115. The summed E-state index contributed by atoms with van der Waals surface area (Å²) < 4.78 is 0. The number of fused-ring (bicyclic) bond motifs is 2. The van der Waals surface area contributed by atoms with E-state index in [1.165, 1.54) is 46.0 Å². The zero-order valence-electron chi connectivity index (χ0n) is 16.2. The predicted octanol–water partition coefficient (Wildman–Crippen LogP) is 3.49. The molecule has 1 aromatic rings. The molecule has 2 bridgehead atoms. The monoisotopic (exact) mass is 371 g/mol. The molecule has 0 radical (unpaired) electrons. The first-order chi connectivity index (χ1) is 13.0. The van der Waals surface area contributed by atoms with Crippen molar-refractivity contribution in [3.8, 4) is 0 Å². The fourth-order valence-electron chi connectivity index (χ4n) is 4.23. The van der Waals surface area contributed by atoms with Crippen molar-refractivity contribution in [3.63, 3.8) is 0 Å². The van der Waals surface area contributed by atoms with E-state index in [-0.39, 0.29) is 23.7 Å². The number of nitrogens with zero attached hydrogens (tertiary/aromatic N) is 3. The first kappa shape index (κ1) is 19.5. The molecule has 1 fully saturated rings. The number of unbranched alkanes of at least 4 members (excludes halogenated alkanes) is 3. The number of carbonyl (C=O) groups is 2. The number of hydrogen-bond donors (Lipinski definition) is 2. The summed E-state index contributed by atoms with van der Waals surface area (Å²) in [5.41, 5.74) is 0. The van der Waals surface area contributed by atoms with Crippen LogP contribution in [-0.4, -0.2) is 26.8 Å². The Kier molecular flexibility index (Phi) is 6.53. The lowest BCUT2D eigenvalue weighted by Gasteiger charge is -2.17. The minimum atomic E-state index is -0.253. The molecule has 0 aliphatic heterocycles. The van der Waals surface area contributed by atoms with Crippen LogP contribution in [0.3, 0.4) is 0 Å². The molecule has 3 atom stereocenters. The molecule has 2 aliphatic carbocycles. The van der Waals surface area contributed by atoms with Crippen LogP contribution in [-0.2, 0) is 16.0 Å². The Morgan fingerprint density at radius 3 is 2.15 bits per heavy atom. The third kappa shape index (κ3) is 5.84. The van der Waals surface area contributed by atoms with Gasteiger partial charge in [0.25, 0.3) is 0 Å². The van der Waals surface area contributed by atoms with Gasteiger partial charge in [0.15, 0.2) is 0 Å². The number of aryl methyl sites for hydroxylation is 1. The van der Waals surface area contributed by atoms with E-state index < -0.39 is 0 Å². The van der Waals surface area contributed by atoms with Crippen molar-refractivity contribution in [2.75, 3.05) is 10.6 Å². The van der Waals surface area contributed by atoms with E-state index in [1.807, 2.05) is 0 Å². The molecule has 7 nitrogen and oxygen atoms in total. The molecule has 2 aliphatic rings. The Morgan fingerprint density at radius 1 is 0.926 bits per heavy atom. The Morgan fingerprint density at radius 2 is 1.59 bits per heavy atom. The molecule has 1 aromatic heterocycles. The molecule has 146 valence electrons. The molecule has 0 spiro atoms. The maximum atomic E-state index is 11.2. The molecule has 27 heavy (non-hydrogen) atoms. The fourth-order valence-corrected chi connectivity index (χ4v) is 4.23. The third-order valence-corrected chi connectivity index (χ3v) is 5.40. The number of rotatable bonds is 9. The highest BCUT2D eigenvalue weighted by atomic mass is 16.2. The second-order valence-electron chi connectivity index (χ2n) is 7.75. The maximum Gasteiger partial charge on any atom is 0.234 e. The van der Waals surface area contributed by atoms with Gasteiger partial charge >= 0.3 is 0 Å². The van der Waals surface area contributed by atoms with Crippen LogP contribution in [0.1, 0.15) is 64.6 Å². The minimum Gasteiger partial charge on any atom is -0.295 e. The van der Waals surface area contributed by atoms with E-state index in [1.54, 1.807) is 0 Å². The first-order valence-electron chi connectivity index (χ1n) is 9.98. The molecular weight excluding hydrogens is 342 g/mol.